The molecule has 4 heteroatoms. The first-order chi connectivity index (χ1) is 9.33. The maximum atomic E-state index is 5.95. The first-order valence-electron chi connectivity index (χ1n) is 6.45. The number of rotatable bonds is 4. The van der Waals surface area contributed by atoms with E-state index in [0.717, 1.165) is 24.6 Å². The van der Waals surface area contributed by atoms with Gasteiger partial charge in [-0.2, -0.15) is 0 Å². The Morgan fingerprint density at radius 3 is 2.95 bits per heavy atom. The average molecular weight is 258 g/mol. The van der Waals surface area contributed by atoms with E-state index in [4.69, 9.17) is 14.9 Å². The number of ether oxygens (including phenoxy) is 1. The fourth-order valence-corrected chi connectivity index (χ4v) is 2.81. The third kappa shape index (κ3) is 2.13. The fraction of sp³-hybridized carbons (Fsp3) is 0.333. The van der Waals surface area contributed by atoms with Gasteiger partial charge < -0.3 is 14.9 Å². The van der Waals surface area contributed by atoms with Crippen molar-refractivity contribution in [1.82, 2.24) is 4.90 Å². The van der Waals surface area contributed by atoms with Crippen LogP contribution in [0.5, 0.6) is 5.75 Å². The summed E-state index contributed by atoms with van der Waals surface area (Å²) in [5, 5.41) is 0. The van der Waals surface area contributed by atoms with Gasteiger partial charge in [-0.25, -0.2) is 0 Å². The van der Waals surface area contributed by atoms with Gasteiger partial charge >= 0.3 is 0 Å². The van der Waals surface area contributed by atoms with Gasteiger partial charge in [0.05, 0.1) is 19.9 Å². The second-order valence-corrected chi connectivity index (χ2v) is 4.76. The summed E-state index contributed by atoms with van der Waals surface area (Å²) >= 11 is 0. The molecular formula is C15H18N2O2. The van der Waals surface area contributed by atoms with Gasteiger partial charge in [0, 0.05) is 24.7 Å². The molecule has 1 aliphatic heterocycles. The lowest BCUT2D eigenvalue weighted by Gasteiger charge is -2.22. The molecule has 2 aromatic rings. The van der Waals surface area contributed by atoms with Crippen LogP contribution in [0.15, 0.2) is 41.0 Å². The van der Waals surface area contributed by atoms with E-state index in [9.17, 15) is 0 Å². The SMILES string of the molecule is COc1cccc2c1CN(Cc1ccco1)C2CN. The minimum atomic E-state index is 0.232. The lowest BCUT2D eigenvalue weighted by Crippen LogP contribution is -2.27. The molecule has 0 bridgehead atoms. The first kappa shape index (κ1) is 12.3. The van der Waals surface area contributed by atoms with E-state index in [1.807, 2.05) is 24.3 Å². The minimum absolute atomic E-state index is 0.232. The molecule has 1 atom stereocenters. The molecule has 3 rings (SSSR count). The molecule has 2 N–H and O–H groups in total. The highest BCUT2D eigenvalue weighted by molar-refractivity contribution is 5.45. The van der Waals surface area contributed by atoms with Crippen molar-refractivity contribution >= 4 is 0 Å². The predicted molar refractivity (Wildman–Crippen MR) is 72.7 cm³/mol. The monoisotopic (exact) mass is 258 g/mol. The Balaban J connectivity index is 1.90. The molecule has 0 saturated heterocycles. The van der Waals surface area contributed by atoms with Crippen molar-refractivity contribution < 1.29 is 9.15 Å². The number of hydrogen-bond acceptors (Lipinski definition) is 4. The van der Waals surface area contributed by atoms with Crippen LogP contribution in [0.1, 0.15) is 22.9 Å². The Kier molecular flexibility index (Phi) is 3.27. The van der Waals surface area contributed by atoms with Gasteiger partial charge in [-0.1, -0.05) is 12.1 Å². The second-order valence-electron chi connectivity index (χ2n) is 4.76. The summed E-state index contributed by atoms with van der Waals surface area (Å²) in [6.07, 6.45) is 1.70. The van der Waals surface area contributed by atoms with Crippen LogP contribution in [-0.2, 0) is 13.1 Å². The molecule has 4 nitrogen and oxygen atoms in total. The number of fused-ring (bicyclic) bond motifs is 1. The quantitative estimate of drug-likeness (QED) is 0.914. The van der Waals surface area contributed by atoms with Crippen LogP contribution in [0.3, 0.4) is 0 Å². The van der Waals surface area contributed by atoms with Gasteiger partial charge in [0.1, 0.15) is 11.5 Å². The average Bonchev–Trinajstić information content (AvgIpc) is 3.05. The Hall–Kier alpha value is -1.78. The molecule has 0 radical (unpaired) electrons. The zero-order chi connectivity index (χ0) is 13.2. The highest BCUT2D eigenvalue weighted by Crippen LogP contribution is 2.38. The lowest BCUT2D eigenvalue weighted by molar-refractivity contribution is 0.193. The molecule has 1 aromatic heterocycles. The highest BCUT2D eigenvalue weighted by Gasteiger charge is 2.31. The summed E-state index contributed by atoms with van der Waals surface area (Å²) in [5.41, 5.74) is 8.46. The summed E-state index contributed by atoms with van der Waals surface area (Å²) in [4.78, 5) is 2.33. The molecular weight excluding hydrogens is 240 g/mol. The Morgan fingerprint density at radius 2 is 2.26 bits per heavy atom. The van der Waals surface area contributed by atoms with Crippen molar-refractivity contribution in [1.29, 1.82) is 0 Å². The summed E-state index contributed by atoms with van der Waals surface area (Å²) in [5.74, 6) is 1.91. The standard InChI is InChI=1S/C15H18N2O2/c1-18-15-6-2-5-12-13(15)10-17(14(12)8-16)9-11-4-3-7-19-11/h2-7,14H,8-10,16H2,1H3. The van der Waals surface area contributed by atoms with Crippen molar-refractivity contribution in [3.8, 4) is 5.75 Å². The lowest BCUT2D eigenvalue weighted by atomic mass is 10.0. The number of hydrogen-bond donors (Lipinski definition) is 1. The molecule has 1 aromatic carbocycles. The number of benzene rings is 1. The summed E-state index contributed by atoms with van der Waals surface area (Å²) in [7, 11) is 1.71. The van der Waals surface area contributed by atoms with Crippen LogP contribution < -0.4 is 10.5 Å². The Labute approximate surface area is 112 Å². The van der Waals surface area contributed by atoms with E-state index < -0.39 is 0 Å². The van der Waals surface area contributed by atoms with Crippen molar-refractivity contribution in [2.45, 2.75) is 19.1 Å². The molecule has 1 unspecified atom stereocenters. The molecule has 1 aliphatic rings. The van der Waals surface area contributed by atoms with Crippen molar-refractivity contribution in [3.63, 3.8) is 0 Å². The Bertz CT molecular complexity index is 551. The van der Waals surface area contributed by atoms with E-state index in [1.165, 1.54) is 11.1 Å². The van der Waals surface area contributed by atoms with Gasteiger partial charge in [0.25, 0.3) is 0 Å². The van der Waals surface area contributed by atoms with E-state index in [2.05, 4.69) is 11.0 Å². The molecule has 0 fully saturated rings. The minimum Gasteiger partial charge on any atom is -0.496 e. The second kappa shape index (κ2) is 5.07. The van der Waals surface area contributed by atoms with Crippen molar-refractivity contribution in [2.75, 3.05) is 13.7 Å². The molecule has 0 spiro atoms. The van der Waals surface area contributed by atoms with Gasteiger partial charge in [-0.15, -0.1) is 0 Å². The molecule has 0 aliphatic carbocycles. The number of nitrogens with zero attached hydrogens (tertiary/aromatic N) is 1. The zero-order valence-corrected chi connectivity index (χ0v) is 11.0. The topological polar surface area (TPSA) is 51.6 Å². The molecule has 0 saturated carbocycles. The van der Waals surface area contributed by atoms with Crippen molar-refractivity contribution in [3.05, 3.63) is 53.5 Å². The summed E-state index contributed by atoms with van der Waals surface area (Å²) < 4.78 is 10.9. The number of nitrogens with two attached hydrogens (primary N) is 1. The highest BCUT2D eigenvalue weighted by atomic mass is 16.5. The van der Waals surface area contributed by atoms with Crippen LogP contribution in [0, 0.1) is 0 Å². The third-order valence-electron chi connectivity index (χ3n) is 3.71. The molecule has 0 amide bonds. The normalized spacial score (nSPS) is 18.5. The third-order valence-corrected chi connectivity index (χ3v) is 3.71. The first-order valence-corrected chi connectivity index (χ1v) is 6.45. The largest absolute Gasteiger partial charge is 0.496 e. The van der Waals surface area contributed by atoms with Crippen molar-refractivity contribution in [2.24, 2.45) is 5.73 Å². The maximum absolute atomic E-state index is 5.95. The van der Waals surface area contributed by atoms with Crippen LogP contribution in [-0.4, -0.2) is 18.6 Å². The van der Waals surface area contributed by atoms with E-state index >= 15 is 0 Å². The maximum Gasteiger partial charge on any atom is 0.123 e. The van der Waals surface area contributed by atoms with Gasteiger partial charge in [0.2, 0.25) is 0 Å². The van der Waals surface area contributed by atoms with Gasteiger partial charge in [-0.05, 0) is 23.8 Å². The summed E-state index contributed by atoms with van der Waals surface area (Å²) in [6.45, 7) is 2.22. The molecule has 2 heterocycles. The molecule has 100 valence electrons. The van der Waals surface area contributed by atoms with E-state index in [-0.39, 0.29) is 6.04 Å². The van der Waals surface area contributed by atoms with Gasteiger partial charge in [-0.3, -0.25) is 4.90 Å². The summed E-state index contributed by atoms with van der Waals surface area (Å²) in [6, 6.07) is 10.3. The van der Waals surface area contributed by atoms with E-state index in [1.54, 1.807) is 13.4 Å². The number of furan rings is 1. The van der Waals surface area contributed by atoms with Crippen LogP contribution in [0.25, 0.3) is 0 Å². The smallest absolute Gasteiger partial charge is 0.123 e. The van der Waals surface area contributed by atoms with Crippen LogP contribution in [0.4, 0.5) is 0 Å². The fourth-order valence-electron chi connectivity index (χ4n) is 2.81. The molecule has 19 heavy (non-hydrogen) atoms. The predicted octanol–water partition coefficient (Wildman–Crippen LogP) is 2.30. The van der Waals surface area contributed by atoms with Crippen LogP contribution in [0.2, 0.25) is 0 Å². The van der Waals surface area contributed by atoms with Gasteiger partial charge in [0.15, 0.2) is 0 Å². The van der Waals surface area contributed by atoms with Crippen LogP contribution >= 0.6 is 0 Å². The Morgan fingerprint density at radius 1 is 1.37 bits per heavy atom. The van der Waals surface area contributed by atoms with E-state index in [0.29, 0.717) is 6.54 Å². The zero-order valence-electron chi connectivity index (χ0n) is 11.0. The number of methoxy groups -OCH3 is 1.